The van der Waals surface area contributed by atoms with Crippen LogP contribution in [-0.2, 0) is 4.79 Å². The number of H-pyrrole nitrogens is 1. The molecular weight excluding hydrogens is 374 g/mol. The first kappa shape index (κ1) is 16.1. The van der Waals surface area contributed by atoms with Crippen molar-refractivity contribution in [2.24, 2.45) is 0 Å². The number of aromatic nitrogens is 2. The topological polar surface area (TPSA) is 57.8 Å². The summed E-state index contributed by atoms with van der Waals surface area (Å²) in [6, 6.07) is 15.5. The number of hydrogen-bond acceptors (Lipinski definition) is 3. The van der Waals surface area contributed by atoms with Gasteiger partial charge in [-0.1, -0.05) is 28.1 Å². The number of anilines is 1. The van der Waals surface area contributed by atoms with Crippen molar-refractivity contribution in [3.63, 3.8) is 0 Å². The lowest BCUT2D eigenvalue weighted by molar-refractivity contribution is -0.113. The SMILES string of the molecule is CC(SCC(=O)Nc1ccc(Br)cc1)c1nc2ccccc2[nH]1. The summed E-state index contributed by atoms with van der Waals surface area (Å²) in [6.45, 7) is 2.05. The highest BCUT2D eigenvalue weighted by molar-refractivity contribution is 9.10. The van der Waals surface area contributed by atoms with Crippen molar-refractivity contribution in [3.05, 3.63) is 58.8 Å². The Morgan fingerprint density at radius 2 is 2.00 bits per heavy atom. The average Bonchev–Trinajstić information content (AvgIpc) is 2.99. The summed E-state index contributed by atoms with van der Waals surface area (Å²) in [5.41, 5.74) is 2.78. The largest absolute Gasteiger partial charge is 0.341 e. The van der Waals surface area contributed by atoms with Crippen LogP contribution in [0.1, 0.15) is 18.0 Å². The third kappa shape index (κ3) is 4.14. The second kappa shape index (κ2) is 7.19. The van der Waals surface area contributed by atoms with E-state index in [-0.39, 0.29) is 11.2 Å². The number of thioether (sulfide) groups is 1. The van der Waals surface area contributed by atoms with Crippen molar-refractivity contribution in [1.82, 2.24) is 9.97 Å². The number of hydrogen-bond donors (Lipinski definition) is 2. The maximum absolute atomic E-state index is 12.0. The first-order chi connectivity index (χ1) is 11.1. The van der Waals surface area contributed by atoms with E-state index in [1.165, 1.54) is 0 Å². The van der Waals surface area contributed by atoms with Gasteiger partial charge in [0.15, 0.2) is 0 Å². The molecule has 3 rings (SSSR count). The molecule has 23 heavy (non-hydrogen) atoms. The second-order valence-electron chi connectivity index (χ2n) is 5.15. The zero-order valence-electron chi connectivity index (χ0n) is 12.5. The van der Waals surface area contributed by atoms with E-state index in [1.54, 1.807) is 11.8 Å². The smallest absolute Gasteiger partial charge is 0.234 e. The van der Waals surface area contributed by atoms with Crippen LogP contribution in [0.25, 0.3) is 11.0 Å². The Kier molecular flexibility index (Phi) is 5.03. The highest BCUT2D eigenvalue weighted by atomic mass is 79.9. The molecule has 3 aromatic rings. The van der Waals surface area contributed by atoms with Crippen molar-refractivity contribution < 1.29 is 4.79 Å². The number of para-hydroxylation sites is 2. The van der Waals surface area contributed by atoms with Gasteiger partial charge in [0.2, 0.25) is 5.91 Å². The number of nitrogens with one attached hydrogen (secondary N) is 2. The minimum atomic E-state index is -0.0136. The zero-order chi connectivity index (χ0) is 16.2. The quantitative estimate of drug-likeness (QED) is 0.661. The molecular formula is C17H16BrN3OS. The van der Waals surface area contributed by atoms with Gasteiger partial charge in [-0.25, -0.2) is 4.98 Å². The van der Waals surface area contributed by atoms with Crippen molar-refractivity contribution in [1.29, 1.82) is 0 Å². The molecule has 118 valence electrons. The summed E-state index contributed by atoms with van der Waals surface area (Å²) in [4.78, 5) is 19.9. The van der Waals surface area contributed by atoms with E-state index < -0.39 is 0 Å². The van der Waals surface area contributed by atoms with Crippen LogP contribution in [0.4, 0.5) is 5.69 Å². The summed E-state index contributed by atoms with van der Waals surface area (Å²) in [5.74, 6) is 1.27. The number of amides is 1. The molecule has 0 fully saturated rings. The molecule has 0 radical (unpaired) electrons. The van der Waals surface area contributed by atoms with E-state index in [9.17, 15) is 4.79 Å². The van der Waals surface area contributed by atoms with Gasteiger partial charge in [-0.15, -0.1) is 11.8 Å². The van der Waals surface area contributed by atoms with Crippen LogP contribution in [-0.4, -0.2) is 21.6 Å². The number of nitrogens with zero attached hydrogens (tertiary/aromatic N) is 1. The number of aromatic amines is 1. The van der Waals surface area contributed by atoms with E-state index in [0.717, 1.165) is 27.0 Å². The third-order valence-corrected chi connectivity index (χ3v) is 5.07. The van der Waals surface area contributed by atoms with Gasteiger partial charge in [-0.2, -0.15) is 0 Å². The van der Waals surface area contributed by atoms with Crippen LogP contribution in [0, 0.1) is 0 Å². The van der Waals surface area contributed by atoms with Crippen LogP contribution in [0.3, 0.4) is 0 Å². The average molecular weight is 390 g/mol. The van der Waals surface area contributed by atoms with E-state index >= 15 is 0 Å². The number of rotatable bonds is 5. The predicted octanol–water partition coefficient (Wildman–Crippen LogP) is 4.76. The zero-order valence-corrected chi connectivity index (χ0v) is 14.9. The minimum Gasteiger partial charge on any atom is -0.341 e. The van der Waals surface area contributed by atoms with Gasteiger partial charge in [0, 0.05) is 10.2 Å². The number of benzene rings is 2. The predicted molar refractivity (Wildman–Crippen MR) is 99.7 cm³/mol. The molecule has 1 unspecified atom stereocenters. The fourth-order valence-corrected chi connectivity index (χ4v) is 3.18. The molecule has 0 aliphatic rings. The molecule has 6 heteroatoms. The first-order valence-electron chi connectivity index (χ1n) is 7.23. The summed E-state index contributed by atoms with van der Waals surface area (Å²) in [6.07, 6.45) is 0. The Morgan fingerprint density at radius 3 is 2.74 bits per heavy atom. The first-order valence-corrected chi connectivity index (χ1v) is 9.07. The number of carbonyl (C=O) groups excluding carboxylic acids is 1. The molecule has 0 aliphatic carbocycles. The Labute approximate surface area is 147 Å². The van der Waals surface area contributed by atoms with Crippen LogP contribution in [0.5, 0.6) is 0 Å². The molecule has 4 nitrogen and oxygen atoms in total. The Bertz CT molecular complexity index is 783. The lowest BCUT2D eigenvalue weighted by Gasteiger charge is -2.09. The number of fused-ring (bicyclic) bond motifs is 1. The molecule has 2 N–H and O–H groups in total. The number of imidazole rings is 1. The number of carbonyl (C=O) groups is 1. The second-order valence-corrected chi connectivity index (χ2v) is 7.39. The molecule has 0 aliphatic heterocycles. The van der Waals surface area contributed by atoms with Crippen LogP contribution < -0.4 is 5.32 Å². The van der Waals surface area contributed by atoms with E-state index in [1.807, 2.05) is 48.5 Å². The molecule has 0 bridgehead atoms. The lowest BCUT2D eigenvalue weighted by Crippen LogP contribution is -2.14. The van der Waals surface area contributed by atoms with Crippen molar-refractivity contribution >= 4 is 50.3 Å². The molecule has 2 aromatic carbocycles. The fourth-order valence-electron chi connectivity index (χ4n) is 2.17. The van der Waals surface area contributed by atoms with Crippen LogP contribution >= 0.6 is 27.7 Å². The van der Waals surface area contributed by atoms with Crippen LogP contribution in [0.15, 0.2) is 53.0 Å². The van der Waals surface area contributed by atoms with Gasteiger partial charge >= 0.3 is 0 Å². The van der Waals surface area contributed by atoms with E-state index in [4.69, 9.17) is 0 Å². The van der Waals surface area contributed by atoms with Gasteiger partial charge in [0.1, 0.15) is 5.82 Å². The molecule has 1 aromatic heterocycles. The van der Waals surface area contributed by atoms with Gasteiger partial charge < -0.3 is 10.3 Å². The molecule has 1 heterocycles. The maximum atomic E-state index is 12.0. The van der Waals surface area contributed by atoms with E-state index in [0.29, 0.717) is 5.75 Å². The Balaban J connectivity index is 1.56. The Hall–Kier alpha value is -1.79. The van der Waals surface area contributed by atoms with Gasteiger partial charge in [-0.05, 0) is 43.3 Å². The highest BCUT2D eigenvalue weighted by Crippen LogP contribution is 2.27. The summed E-state index contributed by atoms with van der Waals surface area (Å²) >= 11 is 4.93. The summed E-state index contributed by atoms with van der Waals surface area (Å²) < 4.78 is 0.989. The van der Waals surface area contributed by atoms with Crippen molar-refractivity contribution in [2.45, 2.75) is 12.2 Å². The minimum absolute atomic E-state index is 0.0136. The molecule has 0 saturated carbocycles. The van der Waals surface area contributed by atoms with E-state index in [2.05, 4.69) is 38.1 Å². The third-order valence-electron chi connectivity index (χ3n) is 3.39. The summed E-state index contributed by atoms with van der Waals surface area (Å²) in [5, 5.41) is 3.01. The summed E-state index contributed by atoms with van der Waals surface area (Å²) in [7, 11) is 0. The standard InChI is InChI=1S/C17H16BrN3OS/c1-11(17-20-14-4-2-3-5-15(14)21-17)23-10-16(22)19-13-8-6-12(18)7-9-13/h2-9,11H,10H2,1H3,(H,19,22)(H,20,21). The van der Waals surface area contributed by atoms with Crippen LogP contribution in [0.2, 0.25) is 0 Å². The maximum Gasteiger partial charge on any atom is 0.234 e. The fraction of sp³-hybridized carbons (Fsp3) is 0.176. The molecule has 1 atom stereocenters. The van der Waals surface area contributed by atoms with Crippen molar-refractivity contribution in [2.75, 3.05) is 11.1 Å². The van der Waals surface area contributed by atoms with Gasteiger partial charge in [0.05, 0.1) is 22.0 Å². The van der Waals surface area contributed by atoms with Gasteiger partial charge in [0.25, 0.3) is 0 Å². The molecule has 1 amide bonds. The molecule has 0 spiro atoms. The van der Waals surface area contributed by atoms with Gasteiger partial charge in [-0.3, -0.25) is 4.79 Å². The molecule has 0 saturated heterocycles. The lowest BCUT2D eigenvalue weighted by atomic mass is 10.3. The monoisotopic (exact) mass is 389 g/mol. The normalized spacial score (nSPS) is 12.3. The number of halogens is 1. The highest BCUT2D eigenvalue weighted by Gasteiger charge is 2.13. The van der Waals surface area contributed by atoms with Crippen molar-refractivity contribution in [3.8, 4) is 0 Å². The Morgan fingerprint density at radius 1 is 1.26 bits per heavy atom.